The van der Waals surface area contributed by atoms with Gasteiger partial charge in [-0.05, 0) is 38.3 Å². The van der Waals surface area contributed by atoms with Crippen LogP contribution in [-0.4, -0.2) is 12.5 Å². The van der Waals surface area contributed by atoms with E-state index in [0.29, 0.717) is 24.5 Å². The molecule has 0 unspecified atom stereocenters. The van der Waals surface area contributed by atoms with Crippen LogP contribution in [0.15, 0.2) is 28.7 Å². The molecule has 1 aromatic heterocycles. The fraction of sp³-hybridized carbons (Fsp3) is 0.421. The Kier molecular flexibility index (Phi) is 5.99. The van der Waals surface area contributed by atoms with E-state index in [4.69, 9.17) is 9.15 Å². The third-order valence-electron chi connectivity index (χ3n) is 3.95. The molecule has 1 N–H and O–H groups in total. The van der Waals surface area contributed by atoms with Gasteiger partial charge in [0.1, 0.15) is 11.5 Å². The van der Waals surface area contributed by atoms with Crippen molar-refractivity contribution >= 4 is 5.91 Å². The third kappa shape index (κ3) is 4.23. The van der Waals surface area contributed by atoms with Gasteiger partial charge in [0.25, 0.3) is 5.91 Å². The molecule has 0 aliphatic heterocycles. The second kappa shape index (κ2) is 7.97. The van der Waals surface area contributed by atoms with Crippen LogP contribution in [0.3, 0.4) is 0 Å². The van der Waals surface area contributed by atoms with Crippen molar-refractivity contribution in [2.75, 3.05) is 6.61 Å². The lowest BCUT2D eigenvalue weighted by Gasteiger charge is -2.11. The predicted octanol–water partition coefficient (Wildman–Crippen LogP) is 4.06. The van der Waals surface area contributed by atoms with Gasteiger partial charge in [0, 0.05) is 18.7 Å². The molecule has 0 aliphatic carbocycles. The van der Waals surface area contributed by atoms with Crippen LogP contribution in [0.4, 0.5) is 0 Å². The van der Waals surface area contributed by atoms with Crippen molar-refractivity contribution in [3.63, 3.8) is 0 Å². The predicted molar refractivity (Wildman–Crippen MR) is 90.5 cm³/mol. The summed E-state index contributed by atoms with van der Waals surface area (Å²) in [4.78, 5) is 12.4. The lowest BCUT2D eigenvalue weighted by Crippen LogP contribution is -2.24. The van der Waals surface area contributed by atoms with Crippen molar-refractivity contribution in [3.8, 4) is 0 Å². The Balaban J connectivity index is 2.04. The number of rotatable bonds is 7. The molecule has 0 bridgehead atoms. The number of nitrogens with one attached hydrogen (secondary N) is 1. The zero-order chi connectivity index (χ0) is 16.8. The minimum atomic E-state index is -0.0962. The molecule has 4 heteroatoms. The van der Waals surface area contributed by atoms with Crippen LogP contribution in [0.2, 0.25) is 0 Å². The zero-order valence-corrected chi connectivity index (χ0v) is 14.4. The largest absolute Gasteiger partial charge is 0.466 e. The van der Waals surface area contributed by atoms with Crippen molar-refractivity contribution < 1.29 is 13.9 Å². The number of furan rings is 1. The highest BCUT2D eigenvalue weighted by atomic mass is 16.5. The van der Waals surface area contributed by atoms with Crippen LogP contribution in [0, 0.1) is 20.8 Å². The van der Waals surface area contributed by atoms with E-state index in [9.17, 15) is 4.79 Å². The molecular weight excluding hydrogens is 290 g/mol. The summed E-state index contributed by atoms with van der Waals surface area (Å²) in [5.41, 5.74) is 3.73. The number of carbonyl (C=O) groups excluding carboxylic acids is 1. The SMILES string of the molecule is CCCOCc1ccccc1CNC(=O)c1c(C)oc(C)c1C. The standard InChI is InChI=1S/C19H25NO3/c1-5-10-22-12-17-9-7-6-8-16(17)11-20-19(21)18-13(2)14(3)23-15(18)4/h6-9H,5,10-12H2,1-4H3,(H,20,21). The van der Waals surface area contributed by atoms with Gasteiger partial charge in [-0.3, -0.25) is 4.79 Å². The van der Waals surface area contributed by atoms with Crippen LogP contribution in [0.25, 0.3) is 0 Å². The first-order chi connectivity index (χ1) is 11.0. The number of hydrogen-bond acceptors (Lipinski definition) is 3. The monoisotopic (exact) mass is 315 g/mol. The molecule has 0 spiro atoms. The molecule has 4 nitrogen and oxygen atoms in total. The van der Waals surface area contributed by atoms with Gasteiger partial charge in [-0.15, -0.1) is 0 Å². The summed E-state index contributed by atoms with van der Waals surface area (Å²) in [6.45, 7) is 9.49. The van der Waals surface area contributed by atoms with E-state index in [0.717, 1.165) is 35.5 Å². The van der Waals surface area contributed by atoms with Gasteiger partial charge in [-0.2, -0.15) is 0 Å². The van der Waals surface area contributed by atoms with E-state index >= 15 is 0 Å². The Bertz CT molecular complexity index is 673. The second-order valence-corrected chi connectivity index (χ2v) is 5.72. The maximum atomic E-state index is 12.4. The zero-order valence-electron chi connectivity index (χ0n) is 14.4. The molecule has 0 radical (unpaired) electrons. The minimum Gasteiger partial charge on any atom is -0.466 e. The van der Waals surface area contributed by atoms with Crippen molar-refractivity contribution in [1.29, 1.82) is 0 Å². The summed E-state index contributed by atoms with van der Waals surface area (Å²) in [5.74, 6) is 1.36. The van der Waals surface area contributed by atoms with Crippen LogP contribution >= 0.6 is 0 Å². The molecule has 1 aromatic carbocycles. The lowest BCUT2D eigenvalue weighted by molar-refractivity contribution is 0.0947. The summed E-state index contributed by atoms with van der Waals surface area (Å²) >= 11 is 0. The molecule has 124 valence electrons. The molecule has 0 saturated heterocycles. The van der Waals surface area contributed by atoms with Crippen molar-refractivity contribution in [2.24, 2.45) is 0 Å². The Morgan fingerprint density at radius 3 is 2.43 bits per heavy atom. The van der Waals surface area contributed by atoms with E-state index in [1.165, 1.54) is 0 Å². The van der Waals surface area contributed by atoms with Crippen molar-refractivity contribution in [1.82, 2.24) is 5.32 Å². The molecule has 23 heavy (non-hydrogen) atoms. The molecule has 0 fully saturated rings. The normalized spacial score (nSPS) is 10.8. The van der Waals surface area contributed by atoms with Crippen LogP contribution in [0.1, 0.15) is 51.9 Å². The maximum Gasteiger partial charge on any atom is 0.255 e. The summed E-state index contributed by atoms with van der Waals surface area (Å²) in [7, 11) is 0. The topological polar surface area (TPSA) is 51.5 Å². The van der Waals surface area contributed by atoms with Gasteiger partial charge >= 0.3 is 0 Å². The van der Waals surface area contributed by atoms with E-state index in [1.54, 1.807) is 0 Å². The average Bonchev–Trinajstić information content (AvgIpc) is 2.79. The van der Waals surface area contributed by atoms with E-state index in [-0.39, 0.29) is 5.91 Å². The summed E-state index contributed by atoms with van der Waals surface area (Å²) < 4.78 is 11.1. The van der Waals surface area contributed by atoms with Crippen molar-refractivity contribution in [3.05, 3.63) is 58.0 Å². The van der Waals surface area contributed by atoms with Gasteiger partial charge < -0.3 is 14.5 Å². The first-order valence-electron chi connectivity index (χ1n) is 8.03. The Labute approximate surface area is 137 Å². The van der Waals surface area contributed by atoms with Gasteiger partial charge in [0.15, 0.2) is 0 Å². The molecule has 1 amide bonds. The molecule has 0 saturated carbocycles. The molecule has 0 atom stereocenters. The number of hydrogen-bond donors (Lipinski definition) is 1. The number of ether oxygens (including phenoxy) is 1. The Morgan fingerprint density at radius 1 is 1.13 bits per heavy atom. The molecular formula is C19H25NO3. The van der Waals surface area contributed by atoms with Gasteiger partial charge in [0.05, 0.1) is 12.2 Å². The molecule has 2 aromatic rings. The van der Waals surface area contributed by atoms with E-state index in [1.807, 2.05) is 45.0 Å². The van der Waals surface area contributed by atoms with Crippen LogP contribution < -0.4 is 5.32 Å². The highest BCUT2D eigenvalue weighted by Gasteiger charge is 2.18. The molecule has 0 aliphatic rings. The summed E-state index contributed by atoms with van der Waals surface area (Å²) in [6.07, 6.45) is 0.997. The number of aryl methyl sites for hydroxylation is 2. The highest BCUT2D eigenvalue weighted by Crippen LogP contribution is 2.20. The smallest absolute Gasteiger partial charge is 0.255 e. The van der Waals surface area contributed by atoms with Crippen molar-refractivity contribution in [2.45, 2.75) is 47.3 Å². The first-order valence-corrected chi connectivity index (χ1v) is 8.03. The third-order valence-corrected chi connectivity index (χ3v) is 3.95. The Morgan fingerprint density at radius 2 is 1.83 bits per heavy atom. The number of benzene rings is 1. The van der Waals surface area contributed by atoms with E-state index in [2.05, 4.69) is 12.2 Å². The van der Waals surface area contributed by atoms with Gasteiger partial charge in [0.2, 0.25) is 0 Å². The molecule has 1 heterocycles. The second-order valence-electron chi connectivity index (χ2n) is 5.72. The fourth-order valence-corrected chi connectivity index (χ4v) is 2.59. The fourth-order valence-electron chi connectivity index (χ4n) is 2.59. The first kappa shape index (κ1) is 17.3. The highest BCUT2D eigenvalue weighted by molar-refractivity contribution is 5.96. The van der Waals surface area contributed by atoms with Crippen LogP contribution in [0.5, 0.6) is 0 Å². The summed E-state index contributed by atoms with van der Waals surface area (Å²) in [6, 6.07) is 8.02. The van der Waals surface area contributed by atoms with Gasteiger partial charge in [-0.25, -0.2) is 0 Å². The lowest BCUT2D eigenvalue weighted by atomic mass is 10.1. The summed E-state index contributed by atoms with van der Waals surface area (Å²) in [5, 5.41) is 2.99. The number of carbonyl (C=O) groups is 1. The van der Waals surface area contributed by atoms with E-state index < -0.39 is 0 Å². The molecule has 2 rings (SSSR count). The average molecular weight is 315 g/mol. The quantitative estimate of drug-likeness (QED) is 0.784. The maximum absolute atomic E-state index is 12.4. The minimum absolute atomic E-state index is 0.0962. The number of amides is 1. The van der Waals surface area contributed by atoms with Crippen LogP contribution in [-0.2, 0) is 17.9 Å². The Hall–Kier alpha value is -2.07. The van der Waals surface area contributed by atoms with Gasteiger partial charge in [-0.1, -0.05) is 31.2 Å².